The molecule has 0 amide bonds. The summed E-state index contributed by atoms with van der Waals surface area (Å²) in [7, 11) is 15.2. The van der Waals surface area contributed by atoms with Crippen molar-refractivity contribution in [1.29, 1.82) is 0 Å². The molecule has 1 rings (SSSR count). The fourth-order valence-electron chi connectivity index (χ4n) is 1.06. The van der Waals surface area contributed by atoms with Gasteiger partial charge in [0.25, 0.3) is 0 Å². The van der Waals surface area contributed by atoms with E-state index in [9.17, 15) is 0 Å². The van der Waals surface area contributed by atoms with Crippen molar-refractivity contribution in [2.75, 3.05) is 0 Å². The summed E-state index contributed by atoms with van der Waals surface area (Å²) in [5.74, 6) is 0. The summed E-state index contributed by atoms with van der Waals surface area (Å²) in [5.41, 5.74) is 8.50. The molecule has 0 aliphatic heterocycles. The van der Waals surface area contributed by atoms with Crippen LogP contribution in [0.2, 0.25) is 0 Å². The van der Waals surface area contributed by atoms with Crippen LogP contribution in [-0.2, 0) is 16.5 Å². The summed E-state index contributed by atoms with van der Waals surface area (Å²) in [6.45, 7) is 0. The molecule has 0 atom stereocenters. The number of rotatable bonds is 0. The molecule has 0 unspecified atom stereocenters. The summed E-state index contributed by atoms with van der Waals surface area (Å²) in [5, 5.41) is 0. The van der Waals surface area contributed by atoms with E-state index in [2.05, 4.69) is 25.6 Å². The maximum absolute atomic E-state index is 4.88. The third-order valence-electron chi connectivity index (χ3n) is 1.50. The Kier molecular flexibility index (Phi) is 90.9. The molecule has 0 bridgehead atoms. The summed E-state index contributed by atoms with van der Waals surface area (Å²) in [6, 6.07) is 0. The molecule has 102 valence electrons. The van der Waals surface area contributed by atoms with Gasteiger partial charge in [0.1, 0.15) is 0 Å². The normalized spacial score (nSPS) is 11.9. The molecule has 7 heteroatoms. The van der Waals surface area contributed by atoms with Crippen LogP contribution < -0.4 is 11.5 Å². The van der Waals surface area contributed by atoms with Crippen molar-refractivity contribution in [2.24, 2.45) is 11.5 Å². The molecular formula is C8H24Cl2N2O2Pt. The predicted molar refractivity (Wildman–Crippen MR) is 65.7 cm³/mol. The Morgan fingerprint density at radius 3 is 0.800 bits per heavy atom. The van der Waals surface area contributed by atoms with Gasteiger partial charge in [-0.1, -0.05) is 38.5 Å². The molecule has 0 aromatic heterocycles. The quantitative estimate of drug-likeness (QED) is 0.550. The molecular weight excluding hydrogens is 422 g/mol. The topological polar surface area (TPSA) is 115 Å². The van der Waals surface area contributed by atoms with Gasteiger partial charge in [-0.15, -0.1) is 0 Å². The van der Waals surface area contributed by atoms with Crippen molar-refractivity contribution in [3.05, 3.63) is 14.1 Å². The van der Waals surface area contributed by atoms with E-state index in [1.54, 1.807) is 0 Å². The van der Waals surface area contributed by atoms with Crippen molar-refractivity contribution in [3.8, 4) is 0 Å². The van der Waals surface area contributed by atoms with E-state index in [1.165, 1.54) is 38.5 Å². The van der Waals surface area contributed by atoms with Crippen LogP contribution in [0.3, 0.4) is 0 Å². The predicted octanol–water partition coefficient (Wildman–Crippen LogP) is 1.54. The molecule has 0 aromatic rings. The summed E-state index contributed by atoms with van der Waals surface area (Å²) in [4.78, 5) is 0. The molecule has 0 saturated heterocycles. The van der Waals surface area contributed by atoms with Crippen LogP contribution >= 0.6 is 18.8 Å². The van der Waals surface area contributed by atoms with Gasteiger partial charge in [0.2, 0.25) is 0 Å². The second kappa shape index (κ2) is 45.7. The first-order chi connectivity index (χ1) is 6.41. The van der Waals surface area contributed by atoms with Crippen molar-refractivity contribution >= 4 is 18.8 Å². The zero-order chi connectivity index (χ0) is 10.9. The first kappa shape index (κ1) is 29.8. The van der Waals surface area contributed by atoms with E-state index < -0.39 is 16.5 Å². The Hall–Kier alpha value is 1.11. The second-order valence-electron chi connectivity index (χ2n) is 2.17. The Morgan fingerprint density at radius 1 is 0.667 bits per heavy atom. The molecule has 0 heterocycles. The van der Waals surface area contributed by atoms with Crippen LogP contribution in [-0.4, -0.2) is 11.0 Å². The zero-order valence-corrected chi connectivity index (χ0v) is 12.7. The van der Waals surface area contributed by atoms with Crippen molar-refractivity contribution < 1.29 is 27.4 Å². The fourth-order valence-corrected chi connectivity index (χ4v) is 1.06. The first-order valence-electron chi connectivity index (χ1n) is 4.06. The molecule has 8 N–H and O–H groups in total. The molecule has 1 aliphatic carbocycles. The van der Waals surface area contributed by atoms with Gasteiger partial charge in [0.15, 0.2) is 0 Å². The van der Waals surface area contributed by atoms with Crippen molar-refractivity contribution in [3.63, 3.8) is 0 Å². The van der Waals surface area contributed by atoms with E-state index >= 15 is 0 Å². The van der Waals surface area contributed by atoms with Gasteiger partial charge in [-0.2, -0.15) is 0 Å². The molecule has 4 nitrogen and oxygen atoms in total. The molecule has 0 aromatic carbocycles. The van der Waals surface area contributed by atoms with Crippen LogP contribution in [0, 0.1) is 14.1 Å². The summed E-state index contributed by atoms with van der Waals surface area (Å²) >= 11 is -0.472. The SMILES string of the molecule is C1CCCCC1.O.O.[CH2-]N.[CH2-]N.[Cl][Pt+2][Cl]. The average Bonchev–Trinajstić information content (AvgIpc) is 2.27. The Bertz CT molecular complexity index is 52.4. The molecule has 0 spiro atoms. The molecule has 15 heavy (non-hydrogen) atoms. The Balaban J connectivity index is -0.0000000329. The summed E-state index contributed by atoms with van der Waals surface area (Å²) < 4.78 is 0. The summed E-state index contributed by atoms with van der Waals surface area (Å²) in [6.07, 6.45) is 9.00. The Labute approximate surface area is 110 Å². The minimum absolute atomic E-state index is 0. The van der Waals surface area contributed by atoms with Gasteiger partial charge in [0, 0.05) is 0 Å². The van der Waals surface area contributed by atoms with E-state index in [-0.39, 0.29) is 11.0 Å². The molecule has 1 fully saturated rings. The van der Waals surface area contributed by atoms with Crippen molar-refractivity contribution in [2.45, 2.75) is 38.5 Å². The monoisotopic (exact) mass is 445 g/mol. The van der Waals surface area contributed by atoms with Gasteiger partial charge in [-0.3, -0.25) is 14.1 Å². The number of hydrogen-bond acceptors (Lipinski definition) is 2. The standard InChI is InChI=1S/C6H12.2CH4N.2ClH.2H2O.Pt/c1-2-4-6-5-3-1;2*1-2;;;;;/h1-6H2;2*1-2H2;2*1H;2*1H2;/q;2*-1;;;;;+4/p-2. The average molecular weight is 446 g/mol. The van der Waals surface area contributed by atoms with Gasteiger partial charge in [-0.05, 0) is 0 Å². The van der Waals surface area contributed by atoms with Crippen molar-refractivity contribution in [1.82, 2.24) is 0 Å². The Morgan fingerprint density at radius 2 is 0.733 bits per heavy atom. The maximum atomic E-state index is 4.88. The number of hydrogen-bond donors (Lipinski definition) is 2. The molecule has 1 aliphatic rings. The van der Waals surface area contributed by atoms with Gasteiger partial charge in [-0.25, -0.2) is 0 Å². The van der Waals surface area contributed by atoms with Crippen LogP contribution in [0.1, 0.15) is 38.5 Å². The van der Waals surface area contributed by atoms with E-state index in [1.807, 2.05) is 0 Å². The number of halogens is 2. The van der Waals surface area contributed by atoms with Crippen LogP contribution in [0.5, 0.6) is 0 Å². The number of nitrogens with two attached hydrogens (primary N) is 2. The molecule has 0 radical (unpaired) electrons. The zero-order valence-electron chi connectivity index (χ0n) is 8.88. The first-order valence-corrected chi connectivity index (χ1v) is 9.69. The third-order valence-corrected chi connectivity index (χ3v) is 1.50. The van der Waals surface area contributed by atoms with Crippen LogP contribution in [0.4, 0.5) is 0 Å². The second-order valence-corrected chi connectivity index (χ2v) is 5.45. The fraction of sp³-hybridized carbons (Fsp3) is 0.750. The molecule has 1 saturated carbocycles. The minimum atomic E-state index is -0.472. The van der Waals surface area contributed by atoms with E-state index in [4.69, 9.17) is 18.8 Å². The third kappa shape index (κ3) is 51.4. The van der Waals surface area contributed by atoms with Gasteiger partial charge in [0.05, 0.1) is 0 Å². The van der Waals surface area contributed by atoms with Gasteiger partial charge >= 0.3 is 35.3 Å². The van der Waals surface area contributed by atoms with E-state index in [0.29, 0.717) is 0 Å². The van der Waals surface area contributed by atoms with Crippen LogP contribution in [0.25, 0.3) is 0 Å². The van der Waals surface area contributed by atoms with Gasteiger partial charge < -0.3 is 22.4 Å². The van der Waals surface area contributed by atoms with E-state index in [0.717, 1.165) is 0 Å². The van der Waals surface area contributed by atoms with Crippen LogP contribution in [0.15, 0.2) is 0 Å².